The van der Waals surface area contributed by atoms with Gasteiger partial charge in [-0.2, -0.15) is 0 Å². The number of nitrogens with zero attached hydrogens (tertiary/aromatic N) is 2. The minimum atomic E-state index is 0.306. The molecule has 5 nitrogen and oxygen atoms in total. The van der Waals surface area contributed by atoms with E-state index < -0.39 is 0 Å². The summed E-state index contributed by atoms with van der Waals surface area (Å²) in [5.74, 6) is 1.42. The van der Waals surface area contributed by atoms with Gasteiger partial charge in [-0.05, 0) is 42.6 Å². The fourth-order valence-corrected chi connectivity index (χ4v) is 3.57. The fraction of sp³-hybridized carbons (Fsp3) is 0.286. The number of benzene rings is 2. The molecule has 4 rings (SSSR count). The average Bonchev–Trinajstić information content (AvgIpc) is 3.07. The van der Waals surface area contributed by atoms with Gasteiger partial charge in [0.2, 0.25) is 0 Å². The van der Waals surface area contributed by atoms with Crippen molar-refractivity contribution >= 4 is 16.6 Å². The van der Waals surface area contributed by atoms with Gasteiger partial charge in [0.25, 0.3) is 0 Å². The van der Waals surface area contributed by atoms with E-state index in [2.05, 4.69) is 28.1 Å². The number of rotatable bonds is 5. The van der Waals surface area contributed by atoms with Gasteiger partial charge < -0.3 is 16.2 Å². The highest BCUT2D eigenvalue weighted by molar-refractivity contribution is 5.99. The molecule has 0 amide bonds. The molecule has 0 radical (unpaired) electrons. The largest absolute Gasteiger partial charge is 0.492 e. The van der Waals surface area contributed by atoms with E-state index in [1.54, 1.807) is 6.07 Å². The average molecular weight is 348 g/mol. The number of ether oxygens (including phenoxy) is 1. The van der Waals surface area contributed by atoms with Crippen molar-refractivity contribution in [1.29, 1.82) is 0 Å². The lowest BCUT2D eigenvalue weighted by Crippen LogP contribution is -2.29. The molecule has 134 valence electrons. The number of aromatic nitrogens is 1. The molecule has 1 aliphatic heterocycles. The molecule has 0 aliphatic carbocycles. The molecule has 1 unspecified atom stereocenters. The molecule has 1 aromatic heterocycles. The van der Waals surface area contributed by atoms with Gasteiger partial charge in [-0.25, -0.2) is 4.98 Å². The maximum absolute atomic E-state index is 6.10. The summed E-state index contributed by atoms with van der Waals surface area (Å²) in [6, 6.07) is 18.4. The number of hydrogen-bond donors (Lipinski definition) is 2. The summed E-state index contributed by atoms with van der Waals surface area (Å²) in [5.41, 5.74) is 13.8. The van der Waals surface area contributed by atoms with E-state index in [1.807, 2.05) is 30.3 Å². The third-order valence-corrected chi connectivity index (χ3v) is 4.90. The molecule has 0 bridgehead atoms. The highest BCUT2D eigenvalue weighted by atomic mass is 16.5. The van der Waals surface area contributed by atoms with Gasteiger partial charge in [0.05, 0.1) is 5.69 Å². The molecule has 1 fully saturated rings. The summed E-state index contributed by atoms with van der Waals surface area (Å²) in [7, 11) is 0. The van der Waals surface area contributed by atoms with Crippen LogP contribution < -0.4 is 16.2 Å². The minimum absolute atomic E-state index is 0.306. The summed E-state index contributed by atoms with van der Waals surface area (Å²) in [6.45, 7) is 3.59. The first-order valence-electron chi connectivity index (χ1n) is 9.06. The summed E-state index contributed by atoms with van der Waals surface area (Å²) in [6.07, 6.45) is 1.07. The molecular formula is C21H24N4O. The molecule has 2 aromatic carbocycles. The third-order valence-electron chi connectivity index (χ3n) is 4.90. The van der Waals surface area contributed by atoms with E-state index in [1.165, 1.54) is 0 Å². The lowest BCUT2D eigenvalue weighted by molar-refractivity contribution is 0.238. The second-order valence-corrected chi connectivity index (χ2v) is 6.80. The Kier molecular flexibility index (Phi) is 4.73. The molecule has 4 N–H and O–H groups in total. The predicted octanol–water partition coefficient (Wildman–Crippen LogP) is 2.90. The molecule has 0 spiro atoms. The van der Waals surface area contributed by atoms with Gasteiger partial charge in [0.1, 0.15) is 18.2 Å². The number of pyridine rings is 1. The second kappa shape index (κ2) is 7.32. The van der Waals surface area contributed by atoms with Crippen molar-refractivity contribution in [3.05, 3.63) is 54.6 Å². The molecule has 2 heterocycles. The van der Waals surface area contributed by atoms with Crippen LogP contribution >= 0.6 is 0 Å². The third kappa shape index (κ3) is 3.49. The Bertz CT molecular complexity index is 911. The lowest BCUT2D eigenvalue weighted by atomic mass is 10.0. The van der Waals surface area contributed by atoms with E-state index >= 15 is 0 Å². The highest BCUT2D eigenvalue weighted by Crippen LogP contribution is 2.34. The standard InChI is InChI=1S/C21H24N4O/c22-15-10-11-25(14-15)12-13-26-20-9-8-17(16-4-1-2-5-18(16)20)19-6-3-7-21(23)24-19/h1-9,15H,10-14,22H2,(H2,23,24). The summed E-state index contributed by atoms with van der Waals surface area (Å²) < 4.78 is 6.10. The quantitative estimate of drug-likeness (QED) is 0.741. The number of fused-ring (bicyclic) bond motifs is 1. The molecule has 26 heavy (non-hydrogen) atoms. The Morgan fingerprint density at radius 2 is 1.88 bits per heavy atom. The zero-order valence-corrected chi connectivity index (χ0v) is 14.8. The number of likely N-dealkylation sites (tertiary alicyclic amines) is 1. The Morgan fingerprint density at radius 3 is 2.65 bits per heavy atom. The van der Waals surface area contributed by atoms with Crippen LogP contribution in [0.25, 0.3) is 22.0 Å². The molecular weight excluding hydrogens is 324 g/mol. The van der Waals surface area contributed by atoms with Crippen molar-refractivity contribution in [1.82, 2.24) is 9.88 Å². The van der Waals surface area contributed by atoms with Crippen molar-refractivity contribution < 1.29 is 4.74 Å². The van der Waals surface area contributed by atoms with Crippen molar-refractivity contribution in [2.24, 2.45) is 5.73 Å². The zero-order chi connectivity index (χ0) is 17.9. The van der Waals surface area contributed by atoms with Crippen molar-refractivity contribution in [2.45, 2.75) is 12.5 Å². The van der Waals surface area contributed by atoms with Crippen LogP contribution in [-0.2, 0) is 0 Å². The highest BCUT2D eigenvalue weighted by Gasteiger charge is 2.18. The predicted molar refractivity (Wildman–Crippen MR) is 106 cm³/mol. The van der Waals surface area contributed by atoms with Gasteiger partial charge in [0, 0.05) is 30.1 Å². The minimum Gasteiger partial charge on any atom is -0.492 e. The van der Waals surface area contributed by atoms with Gasteiger partial charge in [-0.1, -0.05) is 30.3 Å². The molecule has 1 atom stereocenters. The topological polar surface area (TPSA) is 77.4 Å². The number of nitrogen functional groups attached to an aromatic ring is 1. The summed E-state index contributed by atoms with van der Waals surface area (Å²) in [4.78, 5) is 6.82. The number of anilines is 1. The summed E-state index contributed by atoms with van der Waals surface area (Å²) in [5, 5.41) is 2.21. The fourth-order valence-electron chi connectivity index (χ4n) is 3.57. The van der Waals surface area contributed by atoms with E-state index in [-0.39, 0.29) is 0 Å². The van der Waals surface area contributed by atoms with Gasteiger partial charge >= 0.3 is 0 Å². The van der Waals surface area contributed by atoms with Crippen molar-refractivity contribution in [2.75, 3.05) is 32.0 Å². The maximum atomic E-state index is 6.10. The van der Waals surface area contributed by atoms with E-state index in [9.17, 15) is 0 Å². The van der Waals surface area contributed by atoms with E-state index in [0.717, 1.165) is 53.8 Å². The van der Waals surface area contributed by atoms with Gasteiger partial charge in [0.15, 0.2) is 0 Å². The summed E-state index contributed by atoms with van der Waals surface area (Å²) >= 11 is 0. The first kappa shape index (κ1) is 16.8. The monoisotopic (exact) mass is 348 g/mol. The molecule has 1 saturated heterocycles. The SMILES string of the molecule is Nc1cccc(-c2ccc(OCCN3CCC(N)C3)c3ccccc23)n1. The maximum Gasteiger partial charge on any atom is 0.127 e. The first-order chi connectivity index (χ1) is 12.7. The van der Waals surface area contributed by atoms with E-state index in [0.29, 0.717) is 18.5 Å². The van der Waals surface area contributed by atoms with Crippen LogP contribution in [0.3, 0.4) is 0 Å². The van der Waals surface area contributed by atoms with Crippen LogP contribution in [0.15, 0.2) is 54.6 Å². The van der Waals surface area contributed by atoms with Crippen molar-refractivity contribution in [3.8, 4) is 17.0 Å². The molecule has 0 saturated carbocycles. The van der Waals surface area contributed by atoms with Gasteiger partial charge in [-0.15, -0.1) is 0 Å². The Labute approximate surface area is 153 Å². The Balaban J connectivity index is 1.58. The Morgan fingerprint density at radius 1 is 1.04 bits per heavy atom. The number of nitrogens with two attached hydrogens (primary N) is 2. The van der Waals surface area contributed by atoms with Crippen LogP contribution in [0.1, 0.15) is 6.42 Å². The smallest absolute Gasteiger partial charge is 0.127 e. The molecule has 1 aliphatic rings. The van der Waals surface area contributed by atoms with Crippen LogP contribution in [-0.4, -0.2) is 42.2 Å². The van der Waals surface area contributed by atoms with Crippen LogP contribution in [0.5, 0.6) is 5.75 Å². The molecule has 3 aromatic rings. The first-order valence-corrected chi connectivity index (χ1v) is 9.06. The van der Waals surface area contributed by atoms with Crippen LogP contribution in [0.4, 0.5) is 5.82 Å². The van der Waals surface area contributed by atoms with Crippen LogP contribution in [0, 0.1) is 0 Å². The Hall–Kier alpha value is -2.63. The van der Waals surface area contributed by atoms with Crippen LogP contribution in [0.2, 0.25) is 0 Å². The van der Waals surface area contributed by atoms with Gasteiger partial charge in [-0.3, -0.25) is 4.90 Å². The second-order valence-electron chi connectivity index (χ2n) is 6.80. The molecule has 5 heteroatoms. The number of hydrogen-bond acceptors (Lipinski definition) is 5. The lowest BCUT2D eigenvalue weighted by Gasteiger charge is -2.17. The van der Waals surface area contributed by atoms with E-state index in [4.69, 9.17) is 16.2 Å². The normalized spacial score (nSPS) is 17.7. The van der Waals surface area contributed by atoms with Crippen molar-refractivity contribution in [3.63, 3.8) is 0 Å². The zero-order valence-electron chi connectivity index (χ0n) is 14.8.